The first kappa shape index (κ1) is 21.5. The molecular formula is C29H34N2. The summed E-state index contributed by atoms with van der Waals surface area (Å²) in [4.78, 5) is 2.69. The zero-order chi connectivity index (χ0) is 21.3. The van der Waals surface area contributed by atoms with Crippen LogP contribution in [-0.4, -0.2) is 30.1 Å². The first-order valence-electron chi connectivity index (χ1n) is 11.6. The fraction of sp³-hybridized carbons (Fsp3) is 0.310. The fourth-order valence-electron chi connectivity index (χ4n) is 4.74. The van der Waals surface area contributed by atoms with Gasteiger partial charge in [-0.3, -0.25) is 4.90 Å². The van der Waals surface area contributed by atoms with Crippen LogP contribution < -0.4 is 5.73 Å². The van der Waals surface area contributed by atoms with Crippen LogP contribution in [0, 0.1) is 0 Å². The molecule has 0 bridgehead atoms. The summed E-state index contributed by atoms with van der Waals surface area (Å²) in [7, 11) is 0. The van der Waals surface area contributed by atoms with Gasteiger partial charge < -0.3 is 5.73 Å². The van der Waals surface area contributed by atoms with Gasteiger partial charge >= 0.3 is 0 Å². The van der Waals surface area contributed by atoms with E-state index >= 15 is 0 Å². The van der Waals surface area contributed by atoms with Gasteiger partial charge in [-0.15, -0.1) is 0 Å². The molecule has 2 heteroatoms. The Labute approximate surface area is 187 Å². The Bertz CT molecular complexity index is 873. The smallest absolute Gasteiger partial charge is 0.0217 e. The number of hydrogen-bond acceptors (Lipinski definition) is 2. The highest BCUT2D eigenvalue weighted by atomic mass is 15.2. The van der Waals surface area contributed by atoms with Crippen LogP contribution in [0.15, 0.2) is 97.1 Å². The second kappa shape index (κ2) is 11.1. The van der Waals surface area contributed by atoms with Crippen LogP contribution in [0.5, 0.6) is 0 Å². The molecule has 0 unspecified atom stereocenters. The molecule has 0 spiro atoms. The second-order valence-corrected chi connectivity index (χ2v) is 8.71. The van der Waals surface area contributed by atoms with Crippen LogP contribution >= 0.6 is 0 Å². The zero-order valence-corrected chi connectivity index (χ0v) is 18.3. The van der Waals surface area contributed by atoms with Gasteiger partial charge in [0.1, 0.15) is 0 Å². The van der Waals surface area contributed by atoms with Crippen molar-refractivity contribution in [1.29, 1.82) is 0 Å². The normalized spacial score (nSPS) is 19.3. The molecule has 0 aliphatic heterocycles. The summed E-state index contributed by atoms with van der Waals surface area (Å²) >= 11 is 0. The van der Waals surface area contributed by atoms with Crippen molar-refractivity contribution in [3.05, 3.63) is 114 Å². The van der Waals surface area contributed by atoms with Gasteiger partial charge in [0, 0.05) is 31.1 Å². The summed E-state index contributed by atoms with van der Waals surface area (Å²) in [5, 5.41) is 0. The SMILES string of the molecule is NC1CCC(N(CC=Cc2ccccc2)CC(c2ccccc2)c2ccccc2)CC1. The van der Waals surface area contributed by atoms with Crippen LogP contribution in [0.25, 0.3) is 6.08 Å². The van der Waals surface area contributed by atoms with Crippen molar-refractivity contribution in [2.24, 2.45) is 5.73 Å². The number of rotatable bonds is 8. The van der Waals surface area contributed by atoms with Gasteiger partial charge in [-0.1, -0.05) is 103 Å². The lowest BCUT2D eigenvalue weighted by atomic mass is 9.87. The third-order valence-electron chi connectivity index (χ3n) is 6.53. The topological polar surface area (TPSA) is 29.3 Å². The summed E-state index contributed by atoms with van der Waals surface area (Å²) in [5.41, 5.74) is 10.3. The Balaban J connectivity index is 1.57. The van der Waals surface area contributed by atoms with E-state index in [1.165, 1.54) is 29.5 Å². The van der Waals surface area contributed by atoms with Gasteiger partial charge in [-0.05, 0) is 42.4 Å². The van der Waals surface area contributed by atoms with E-state index in [2.05, 4.69) is 108 Å². The Morgan fingerprint density at radius 1 is 0.742 bits per heavy atom. The summed E-state index contributed by atoms with van der Waals surface area (Å²) in [5.74, 6) is 0.364. The van der Waals surface area contributed by atoms with E-state index in [1.54, 1.807) is 0 Å². The third-order valence-corrected chi connectivity index (χ3v) is 6.53. The maximum absolute atomic E-state index is 6.22. The van der Waals surface area contributed by atoms with E-state index in [9.17, 15) is 0 Å². The lowest BCUT2D eigenvalue weighted by Gasteiger charge is -2.38. The summed E-state index contributed by atoms with van der Waals surface area (Å²) in [6.45, 7) is 1.98. The lowest BCUT2D eigenvalue weighted by Crippen LogP contribution is -2.43. The molecule has 0 amide bonds. The van der Waals surface area contributed by atoms with E-state index < -0.39 is 0 Å². The van der Waals surface area contributed by atoms with Crippen LogP contribution in [0.3, 0.4) is 0 Å². The largest absolute Gasteiger partial charge is 0.328 e. The molecule has 2 nitrogen and oxygen atoms in total. The monoisotopic (exact) mass is 410 g/mol. The molecule has 3 aromatic carbocycles. The molecule has 4 rings (SSSR count). The van der Waals surface area contributed by atoms with E-state index in [-0.39, 0.29) is 0 Å². The second-order valence-electron chi connectivity index (χ2n) is 8.71. The van der Waals surface area contributed by atoms with E-state index in [1.807, 2.05) is 0 Å². The molecule has 0 heterocycles. The van der Waals surface area contributed by atoms with Gasteiger partial charge in [-0.2, -0.15) is 0 Å². The standard InChI is InChI=1S/C29H34N2/c30-27-18-20-28(21-19-27)31(22-10-13-24-11-4-1-5-12-24)23-29(25-14-6-2-7-15-25)26-16-8-3-9-17-26/h1-17,27-29H,18-23,30H2. The predicted molar refractivity (Wildman–Crippen MR) is 132 cm³/mol. The molecule has 3 aromatic rings. The molecule has 0 atom stereocenters. The predicted octanol–water partition coefficient (Wildman–Crippen LogP) is 6.10. The molecule has 1 aliphatic carbocycles. The molecule has 0 saturated heterocycles. The summed E-state index contributed by atoms with van der Waals surface area (Å²) < 4.78 is 0. The van der Waals surface area contributed by atoms with Crippen LogP contribution in [0.1, 0.15) is 48.3 Å². The molecule has 0 aromatic heterocycles. The van der Waals surface area contributed by atoms with Gasteiger partial charge in [0.25, 0.3) is 0 Å². The zero-order valence-electron chi connectivity index (χ0n) is 18.3. The minimum absolute atomic E-state index is 0.364. The van der Waals surface area contributed by atoms with E-state index in [0.717, 1.165) is 25.9 Å². The molecular weight excluding hydrogens is 376 g/mol. The van der Waals surface area contributed by atoms with E-state index in [0.29, 0.717) is 18.0 Å². The van der Waals surface area contributed by atoms with Crippen molar-refractivity contribution in [1.82, 2.24) is 4.90 Å². The van der Waals surface area contributed by atoms with Gasteiger partial charge in [0.05, 0.1) is 0 Å². The molecule has 0 radical (unpaired) electrons. The molecule has 31 heavy (non-hydrogen) atoms. The Morgan fingerprint density at radius 2 is 1.26 bits per heavy atom. The summed E-state index contributed by atoms with van der Waals surface area (Å²) in [6, 6.07) is 33.5. The van der Waals surface area contributed by atoms with Crippen molar-refractivity contribution in [2.75, 3.05) is 13.1 Å². The molecule has 1 fully saturated rings. The Morgan fingerprint density at radius 3 is 1.81 bits per heavy atom. The average molecular weight is 411 g/mol. The first-order valence-corrected chi connectivity index (χ1v) is 11.6. The van der Waals surface area contributed by atoms with Gasteiger partial charge in [0.2, 0.25) is 0 Å². The Hall–Kier alpha value is -2.68. The van der Waals surface area contributed by atoms with Crippen molar-refractivity contribution < 1.29 is 0 Å². The number of nitrogens with two attached hydrogens (primary N) is 1. The molecule has 1 aliphatic rings. The Kier molecular flexibility index (Phi) is 7.71. The third kappa shape index (κ3) is 6.16. The molecule has 2 N–H and O–H groups in total. The number of benzene rings is 3. The van der Waals surface area contributed by atoms with Crippen molar-refractivity contribution >= 4 is 6.08 Å². The molecule has 160 valence electrons. The van der Waals surface area contributed by atoms with E-state index in [4.69, 9.17) is 5.73 Å². The molecule has 1 saturated carbocycles. The highest BCUT2D eigenvalue weighted by Crippen LogP contribution is 2.29. The lowest BCUT2D eigenvalue weighted by molar-refractivity contribution is 0.160. The van der Waals surface area contributed by atoms with Crippen molar-refractivity contribution in [2.45, 2.75) is 43.7 Å². The number of nitrogens with zero attached hydrogens (tertiary/aromatic N) is 1. The van der Waals surface area contributed by atoms with Crippen LogP contribution in [0.4, 0.5) is 0 Å². The minimum atomic E-state index is 0.364. The number of hydrogen-bond donors (Lipinski definition) is 1. The highest BCUT2D eigenvalue weighted by molar-refractivity contribution is 5.48. The van der Waals surface area contributed by atoms with Crippen molar-refractivity contribution in [3.8, 4) is 0 Å². The first-order chi connectivity index (χ1) is 15.3. The maximum Gasteiger partial charge on any atom is 0.0217 e. The average Bonchev–Trinajstić information content (AvgIpc) is 2.84. The van der Waals surface area contributed by atoms with Gasteiger partial charge in [0.15, 0.2) is 0 Å². The van der Waals surface area contributed by atoms with Crippen LogP contribution in [-0.2, 0) is 0 Å². The van der Waals surface area contributed by atoms with Gasteiger partial charge in [-0.25, -0.2) is 0 Å². The van der Waals surface area contributed by atoms with Crippen LogP contribution in [0.2, 0.25) is 0 Å². The van der Waals surface area contributed by atoms with Crippen molar-refractivity contribution in [3.63, 3.8) is 0 Å². The quantitative estimate of drug-likeness (QED) is 0.486. The maximum atomic E-state index is 6.22. The minimum Gasteiger partial charge on any atom is -0.328 e. The fourth-order valence-corrected chi connectivity index (χ4v) is 4.74. The summed E-state index contributed by atoms with van der Waals surface area (Å²) in [6.07, 6.45) is 9.22. The highest BCUT2D eigenvalue weighted by Gasteiger charge is 2.26.